The first-order valence-electron chi connectivity index (χ1n) is 8.41. The van der Waals surface area contributed by atoms with E-state index in [0.717, 1.165) is 29.1 Å². The van der Waals surface area contributed by atoms with Gasteiger partial charge in [0.1, 0.15) is 11.3 Å². The third kappa shape index (κ3) is 2.30. The van der Waals surface area contributed by atoms with E-state index in [1.807, 2.05) is 0 Å². The average Bonchev–Trinajstić information content (AvgIpc) is 3.19. The smallest absolute Gasteiger partial charge is 0.137 e. The van der Waals surface area contributed by atoms with Gasteiger partial charge >= 0.3 is 0 Å². The molecule has 1 aromatic carbocycles. The van der Waals surface area contributed by atoms with Crippen molar-refractivity contribution in [2.24, 2.45) is 17.8 Å². The van der Waals surface area contributed by atoms with Crippen LogP contribution in [0.3, 0.4) is 0 Å². The highest BCUT2D eigenvalue weighted by Crippen LogP contribution is 2.51. The lowest BCUT2D eigenvalue weighted by Gasteiger charge is -2.25. The highest BCUT2D eigenvalue weighted by atomic mass is 16.3. The molecule has 4 atom stereocenters. The number of rotatable bonds is 4. The molecule has 4 unspecified atom stereocenters. The summed E-state index contributed by atoms with van der Waals surface area (Å²) in [4.78, 5) is 0. The van der Waals surface area contributed by atoms with E-state index in [1.165, 1.54) is 43.1 Å². The van der Waals surface area contributed by atoms with Gasteiger partial charge in [-0.1, -0.05) is 24.6 Å². The Labute approximate surface area is 126 Å². The minimum atomic E-state index is 0.362. The predicted molar refractivity (Wildman–Crippen MR) is 86.3 cm³/mol. The van der Waals surface area contributed by atoms with Crippen molar-refractivity contribution in [3.63, 3.8) is 0 Å². The van der Waals surface area contributed by atoms with Gasteiger partial charge in [0.05, 0.1) is 6.04 Å². The maximum atomic E-state index is 6.18. The summed E-state index contributed by atoms with van der Waals surface area (Å²) in [6.07, 6.45) is 7.11. The zero-order valence-electron chi connectivity index (χ0n) is 13.1. The van der Waals surface area contributed by atoms with E-state index in [0.29, 0.717) is 6.04 Å². The van der Waals surface area contributed by atoms with Crippen LogP contribution < -0.4 is 5.32 Å². The zero-order chi connectivity index (χ0) is 14.4. The van der Waals surface area contributed by atoms with Crippen molar-refractivity contribution in [2.75, 3.05) is 7.05 Å². The Morgan fingerprint density at radius 3 is 2.86 bits per heavy atom. The monoisotopic (exact) mass is 283 g/mol. The predicted octanol–water partition coefficient (Wildman–Crippen LogP) is 4.83. The Hall–Kier alpha value is -1.28. The quantitative estimate of drug-likeness (QED) is 0.869. The molecule has 112 valence electrons. The molecule has 0 spiro atoms. The van der Waals surface area contributed by atoms with Crippen molar-refractivity contribution in [1.29, 1.82) is 0 Å². The van der Waals surface area contributed by atoms with Crippen LogP contribution in [0.2, 0.25) is 0 Å². The van der Waals surface area contributed by atoms with Crippen molar-refractivity contribution < 1.29 is 4.42 Å². The van der Waals surface area contributed by atoms with Crippen LogP contribution in [0.4, 0.5) is 0 Å². The van der Waals surface area contributed by atoms with Crippen LogP contribution in [0.5, 0.6) is 0 Å². The molecular formula is C19H25NO. The molecule has 21 heavy (non-hydrogen) atoms. The average molecular weight is 283 g/mol. The molecule has 2 bridgehead atoms. The zero-order valence-corrected chi connectivity index (χ0v) is 13.1. The number of para-hydroxylation sites is 1. The van der Waals surface area contributed by atoms with Gasteiger partial charge in [-0.3, -0.25) is 0 Å². The molecule has 2 aliphatic rings. The van der Waals surface area contributed by atoms with Crippen molar-refractivity contribution in [3.05, 3.63) is 35.6 Å². The SMILES string of the molecule is CNC(CC1CC2CCC1C2)c1cc2cccc(C)c2o1. The largest absolute Gasteiger partial charge is 0.459 e. The van der Waals surface area contributed by atoms with Crippen LogP contribution in [-0.4, -0.2) is 7.05 Å². The molecule has 0 amide bonds. The fourth-order valence-electron chi connectivity index (χ4n) is 4.74. The summed E-state index contributed by atoms with van der Waals surface area (Å²) < 4.78 is 6.18. The maximum Gasteiger partial charge on any atom is 0.137 e. The highest BCUT2D eigenvalue weighted by Gasteiger charge is 2.40. The first-order chi connectivity index (χ1) is 10.2. The number of hydrogen-bond donors (Lipinski definition) is 1. The molecule has 0 saturated heterocycles. The summed E-state index contributed by atoms with van der Waals surface area (Å²) in [6, 6.07) is 8.98. The van der Waals surface area contributed by atoms with E-state index in [4.69, 9.17) is 4.42 Å². The molecular weight excluding hydrogens is 258 g/mol. The van der Waals surface area contributed by atoms with E-state index < -0.39 is 0 Å². The molecule has 2 nitrogen and oxygen atoms in total. The third-order valence-corrected chi connectivity index (χ3v) is 5.87. The summed E-state index contributed by atoms with van der Waals surface area (Å²) in [5.41, 5.74) is 2.29. The summed E-state index contributed by atoms with van der Waals surface area (Å²) in [7, 11) is 2.07. The van der Waals surface area contributed by atoms with Crippen molar-refractivity contribution in [1.82, 2.24) is 5.32 Å². The van der Waals surface area contributed by atoms with Gasteiger partial charge in [0.25, 0.3) is 0 Å². The minimum Gasteiger partial charge on any atom is -0.459 e. The number of nitrogens with one attached hydrogen (secondary N) is 1. The molecule has 4 rings (SSSR count). The number of benzene rings is 1. The van der Waals surface area contributed by atoms with Crippen molar-refractivity contribution >= 4 is 11.0 Å². The second kappa shape index (κ2) is 5.17. The summed E-state index contributed by atoms with van der Waals surface area (Å²) >= 11 is 0. The van der Waals surface area contributed by atoms with Crippen LogP contribution in [0.1, 0.15) is 49.5 Å². The number of aryl methyl sites for hydroxylation is 1. The Morgan fingerprint density at radius 1 is 1.29 bits per heavy atom. The second-order valence-electron chi connectivity index (χ2n) is 7.15. The fourth-order valence-corrected chi connectivity index (χ4v) is 4.74. The van der Waals surface area contributed by atoms with Crippen LogP contribution in [-0.2, 0) is 0 Å². The molecule has 2 heteroatoms. The van der Waals surface area contributed by atoms with Gasteiger partial charge in [0, 0.05) is 5.39 Å². The molecule has 1 heterocycles. The Balaban J connectivity index is 1.58. The highest BCUT2D eigenvalue weighted by molar-refractivity contribution is 5.81. The molecule has 0 radical (unpaired) electrons. The molecule has 2 saturated carbocycles. The van der Waals surface area contributed by atoms with Crippen LogP contribution >= 0.6 is 0 Å². The van der Waals surface area contributed by atoms with E-state index in [2.05, 4.69) is 43.6 Å². The van der Waals surface area contributed by atoms with Gasteiger partial charge in [-0.25, -0.2) is 0 Å². The Bertz CT molecular complexity index is 644. The molecule has 2 fully saturated rings. The van der Waals surface area contributed by atoms with Crippen LogP contribution in [0, 0.1) is 24.7 Å². The Morgan fingerprint density at radius 2 is 2.19 bits per heavy atom. The lowest BCUT2D eigenvalue weighted by atomic mass is 9.84. The van der Waals surface area contributed by atoms with E-state index >= 15 is 0 Å². The number of hydrogen-bond acceptors (Lipinski definition) is 2. The molecule has 1 aromatic heterocycles. The van der Waals surface area contributed by atoms with Gasteiger partial charge in [0.2, 0.25) is 0 Å². The van der Waals surface area contributed by atoms with Crippen molar-refractivity contribution in [3.8, 4) is 0 Å². The fraction of sp³-hybridized carbons (Fsp3) is 0.579. The molecule has 2 aromatic rings. The first kappa shape index (κ1) is 13.4. The Kier molecular flexibility index (Phi) is 3.30. The second-order valence-corrected chi connectivity index (χ2v) is 7.15. The lowest BCUT2D eigenvalue weighted by molar-refractivity contribution is 0.270. The van der Waals surface area contributed by atoms with E-state index in [1.54, 1.807) is 0 Å². The maximum absolute atomic E-state index is 6.18. The molecule has 2 aliphatic carbocycles. The van der Waals surface area contributed by atoms with Gasteiger partial charge in [-0.15, -0.1) is 0 Å². The summed E-state index contributed by atoms with van der Waals surface area (Å²) in [6.45, 7) is 2.12. The van der Waals surface area contributed by atoms with Gasteiger partial charge in [-0.2, -0.15) is 0 Å². The van der Waals surface area contributed by atoms with Crippen molar-refractivity contribution in [2.45, 2.75) is 45.1 Å². The standard InChI is InChI=1S/C19H25NO/c1-12-4-3-5-15-11-18(21-19(12)15)17(20-2)10-16-9-13-6-7-14(16)8-13/h3-5,11,13-14,16-17,20H,6-10H2,1-2H3. The van der Waals surface area contributed by atoms with Crippen LogP contribution in [0.15, 0.2) is 28.7 Å². The van der Waals surface area contributed by atoms with Crippen LogP contribution in [0.25, 0.3) is 11.0 Å². The van der Waals surface area contributed by atoms with E-state index in [-0.39, 0.29) is 0 Å². The molecule has 0 aliphatic heterocycles. The lowest BCUT2D eigenvalue weighted by Crippen LogP contribution is -2.22. The summed E-state index contributed by atoms with van der Waals surface area (Å²) in [5, 5.41) is 4.73. The van der Waals surface area contributed by atoms with Gasteiger partial charge in [-0.05, 0) is 69.0 Å². The van der Waals surface area contributed by atoms with Gasteiger partial charge < -0.3 is 9.73 Å². The topological polar surface area (TPSA) is 25.2 Å². The van der Waals surface area contributed by atoms with E-state index in [9.17, 15) is 0 Å². The number of furan rings is 1. The van der Waals surface area contributed by atoms with Gasteiger partial charge in [0.15, 0.2) is 0 Å². The first-order valence-corrected chi connectivity index (χ1v) is 8.41. The normalized spacial score (nSPS) is 29.3. The number of fused-ring (bicyclic) bond motifs is 3. The molecule has 1 N–H and O–H groups in total. The third-order valence-electron chi connectivity index (χ3n) is 5.87. The summed E-state index contributed by atoms with van der Waals surface area (Å²) in [5.74, 6) is 4.02. The minimum absolute atomic E-state index is 0.362.